The Morgan fingerprint density at radius 2 is 1.67 bits per heavy atom. The lowest BCUT2D eigenvalue weighted by Gasteiger charge is -2.34. The molecule has 1 amide bonds. The van der Waals surface area contributed by atoms with Crippen LogP contribution in [0.15, 0.2) is 48.5 Å². The molecule has 2 aromatic rings. The van der Waals surface area contributed by atoms with Crippen molar-refractivity contribution in [1.82, 2.24) is 16.0 Å². The molecule has 3 fully saturated rings. The third-order valence-electron chi connectivity index (χ3n) is 6.66. The van der Waals surface area contributed by atoms with Crippen LogP contribution in [-0.4, -0.2) is 57.6 Å². The van der Waals surface area contributed by atoms with Crippen molar-refractivity contribution in [3.63, 3.8) is 0 Å². The minimum Gasteiger partial charge on any atom is -0.378 e. The summed E-state index contributed by atoms with van der Waals surface area (Å²) in [6.45, 7) is 5.32. The molecule has 5 N–H and O–H groups in total. The summed E-state index contributed by atoms with van der Waals surface area (Å²) in [7, 11) is 0. The molecule has 0 radical (unpaired) electrons. The van der Waals surface area contributed by atoms with Gasteiger partial charge in [-0.3, -0.25) is 15.4 Å². The number of carbonyl (C=O) groups excluding carboxylic acids is 1. The van der Waals surface area contributed by atoms with Gasteiger partial charge in [0, 0.05) is 42.7 Å². The van der Waals surface area contributed by atoms with E-state index in [0.717, 1.165) is 70.0 Å². The summed E-state index contributed by atoms with van der Waals surface area (Å²) in [6.07, 6.45) is 2.97. The van der Waals surface area contributed by atoms with Gasteiger partial charge in [-0.05, 0) is 67.8 Å². The van der Waals surface area contributed by atoms with Crippen LogP contribution >= 0.6 is 0 Å². The van der Waals surface area contributed by atoms with Crippen LogP contribution in [-0.2, 0) is 9.53 Å². The summed E-state index contributed by atoms with van der Waals surface area (Å²) in [4.78, 5) is 14.7. The van der Waals surface area contributed by atoms with Crippen LogP contribution in [0.3, 0.4) is 0 Å². The smallest absolute Gasteiger partial charge is 0.241 e. The summed E-state index contributed by atoms with van der Waals surface area (Å²) in [5.41, 5.74) is 4.39. The molecule has 8 heteroatoms. The number of nitrogens with zero attached hydrogens (tertiary/aromatic N) is 1. The van der Waals surface area contributed by atoms with E-state index in [1.165, 1.54) is 11.3 Å². The molecule has 0 aromatic heterocycles. The van der Waals surface area contributed by atoms with Gasteiger partial charge in [0.2, 0.25) is 5.91 Å². The first-order valence-electron chi connectivity index (χ1n) is 12.1. The van der Waals surface area contributed by atoms with Crippen LogP contribution in [0.1, 0.15) is 30.9 Å². The van der Waals surface area contributed by atoms with Crippen molar-refractivity contribution in [2.24, 2.45) is 0 Å². The standard InChI is InChI=1S/C25H34N6O2/c32-24(23-2-1-12-26-23)28-19-5-3-18(4-6-19)22-11-13-27-25(30-22)29-20-7-9-21(10-8-20)31-14-16-33-17-15-31/h3-10,22-23,25-27,29-30H,1-2,11-17H2,(H,28,32)/t22?,23-,25?/m1/s1. The summed E-state index contributed by atoms with van der Waals surface area (Å²) in [6, 6.07) is 17.0. The first-order chi connectivity index (χ1) is 16.2. The summed E-state index contributed by atoms with van der Waals surface area (Å²) in [5.74, 6) is 0.0594. The number of hydrogen-bond acceptors (Lipinski definition) is 7. The van der Waals surface area contributed by atoms with E-state index in [1.807, 2.05) is 12.1 Å². The zero-order chi connectivity index (χ0) is 22.5. The Labute approximate surface area is 195 Å². The Morgan fingerprint density at radius 3 is 2.39 bits per heavy atom. The fraction of sp³-hybridized carbons (Fsp3) is 0.480. The average Bonchev–Trinajstić information content (AvgIpc) is 3.41. The van der Waals surface area contributed by atoms with Gasteiger partial charge in [-0.15, -0.1) is 0 Å². The van der Waals surface area contributed by atoms with E-state index >= 15 is 0 Å². The Balaban J connectivity index is 1.14. The van der Waals surface area contributed by atoms with Crippen LogP contribution in [0.2, 0.25) is 0 Å². The minimum atomic E-state index is -0.0643. The molecule has 0 spiro atoms. The molecule has 3 heterocycles. The highest BCUT2D eigenvalue weighted by atomic mass is 16.5. The number of carbonyl (C=O) groups is 1. The third kappa shape index (κ3) is 5.65. The Kier molecular flexibility index (Phi) is 7.06. The quantitative estimate of drug-likeness (QED) is 0.461. The number of amides is 1. The van der Waals surface area contributed by atoms with E-state index < -0.39 is 0 Å². The predicted octanol–water partition coefficient (Wildman–Crippen LogP) is 2.23. The summed E-state index contributed by atoms with van der Waals surface area (Å²) < 4.78 is 5.44. The SMILES string of the molecule is O=C(Nc1ccc(C2CCNC(Nc3ccc(N4CCOCC4)cc3)N2)cc1)[C@H]1CCCN1. The van der Waals surface area contributed by atoms with Gasteiger partial charge in [0.1, 0.15) is 6.29 Å². The lowest BCUT2D eigenvalue weighted by atomic mass is 10.0. The molecular formula is C25H34N6O2. The van der Waals surface area contributed by atoms with Gasteiger partial charge in [-0.25, -0.2) is 0 Å². The zero-order valence-corrected chi connectivity index (χ0v) is 19.0. The molecular weight excluding hydrogens is 416 g/mol. The van der Waals surface area contributed by atoms with Gasteiger partial charge in [0.25, 0.3) is 0 Å². The van der Waals surface area contributed by atoms with E-state index in [-0.39, 0.29) is 24.3 Å². The molecule has 33 heavy (non-hydrogen) atoms. The van der Waals surface area contributed by atoms with Crippen molar-refractivity contribution in [2.45, 2.75) is 37.6 Å². The van der Waals surface area contributed by atoms with Crippen molar-refractivity contribution in [3.8, 4) is 0 Å². The largest absolute Gasteiger partial charge is 0.378 e. The second kappa shape index (κ2) is 10.5. The number of rotatable bonds is 6. The first kappa shape index (κ1) is 22.2. The molecule has 5 rings (SSSR count). The van der Waals surface area contributed by atoms with Gasteiger partial charge in [-0.2, -0.15) is 0 Å². The molecule has 0 saturated carbocycles. The first-order valence-corrected chi connectivity index (χ1v) is 12.1. The Bertz CT molecular complexity index is 907. The second-order valence-electron chi connectivity index (χ2n) is 8.95. The van der Waals surface area contributed by atoms with E-state index in [1.54, 1.807) is 0 Å². The van der Waals surface area contributed by atoms with E-state index in [2.05, 4.69) is 67.9 Å². The van der Waals surface area contributed by atoms with E-state index in [9.17, 15) is 4.79 Å². The van der Waals surface area contributed by atoms with Gasteiger partial charge in [0.05, 0.1) is 19.3 Å². The van der Waals surface area contributed by atoms with Crippen LogP contribution in [0, 0.1) is 0 Å². The van der Waals surface area contributed by atoms with Crippen LogP contribution in [0.4, 0.5) is 17.1 Å². The van der Waals surface area contributed by atoms with Crippen LogP contribution in [0.5, 0.6) is 0 Å². The lowest BCUT2D eigenvalue weighted by molar-refractivity contribution is -0.117. The van der Waals surface area contributed by atoms with Crippen LogP contribution in [0.25, 0.3) is 0 Å². The maximum atomic E-state index is 12.3. The third-order valence-corrected chi connectivity index (χ3v) is 6.66. The fourth-order valence-electron chi connectivity index (χ4n) is 4.76. The average molecular weight is 451 g/mol. The highest BCUT2D eigenvalue weighted by molar-refractivity contribution is 5.95. The number of hydrogen-bond donors (Lipinski definition) is 5. The number of nitrogens with one attached hydrogen (secondary N) is 5. The highest BCUT2D eigenvalue weighted by Gasteiger charge is 2.23. The van der Waals surface area contributed by atoms with Gasteiger partial charge in [0.15, 0.2) is 0 Å². The normalized spacial score (nSPS) is 25.6. The monoisotopic (exact) mass is 450 g/mol. The maximum absolute atomic E-state index is 12.3. The van der Waals surface area contributed by atoms with Crippen molar-refractivity contribution < 1.29 is 9.53 Å². The number of morpholine rings is 1. The molecule has 3 aliphatic rings. The predicted molar refractivity (Wildman–Crippen MR) is 131 cm³/mol. The van der Waals surface area contributed by atoms with E-state index in [4.69, 9.17) is 4.74 Å². The maximum Gasteiger partial charge on any atom is 0.241 e. The van der Waals surface area contributed by atoms with Gasteiger partial charge in [-0.1, -0.05) is 12.1 Å². The molecule has 3 saturated heterocycles. The molecule has 176 valence electrons. The van der Waals surface area contributed by atoms with Crippen molar-refractivity contribution in [1.29, 1.82) is 0 Å². The van der Waals surface area contributed by atoms with Crippen molar-refractivity contribution in [3.05, 3.63) is 54.1 Å². The van der Waals surface area contributed by atoms with Gasteiger partial charge < -0.3 is 25.6 Å². The van der Waals surface area contributed by atoms with E-state index in [0.29, 0.717) is 0 Å². The zero-order valence-electron chi connectivity index (χ0n) is 19.0. The van der Waals surface area contributed by atoms with Gasteiger partial charge >= 0.3 is 0 Å². The summed E-state index contributed by atoms with van der Waals surface area (Å²) in [5, 5.41) is 17.0. The Morgan fingerprint density at radius 1 is 0.909 bits per heavy atom. The lowest BCUT2D eigenvalue weighted by Crippen LogP contribution is -2.54. The van der Waals surface area contributed by atoms with Crippen molar-refractivity contribution in [2.75, 3.05) is 54.9 Å². The number of benzene rings is 2. The molecule has 8 nitrogen and oxygen atoms in total. The molecule has 2 aromatic carbocycles. The fourth-order valence-corrected chi connectivity index (χ4v) is 4.76. The highest BCUT2D eigenvalue weighted by Crippen LogP contribution is 2.23. The van der Waals surface area contributed by atoms with Crippen molar-refractivity contribution >= 4 is 23.0 Å². The Hall–Kier alpha value is -2.65. The molecule has 3 atom stereocenters. The number of ether oxygens (including phenoxy) is 1. The van der Waals surface area contributed by atoms with Crippen LogP contribution < -0.4 is 31.5 Å². The molecule has 0 bridgehead atoms. The molecule has 3 aliphatic heterocycles. The summed E-state index contributed by atoms with van der Waals surface area (Å²) >= 11 is 0. The molecule has 2 unspecified atom stereocenters. The topological polar surface area (TPSA) is 89.7 Å². The molecule has 0 aliphatic carbocycles. The second-order valence-corrected chi connectivity index (χ2v) is 8.95. The minimum absolute atomic E-state index is 0.00851. The number of anilines is 3.